The van der Waals surface area contributed by atoms with Gasteiger partial charge < -0.3 is 29.2 Å². The standard InChI is InChI=1S/C13H17N5O4/c1-19-13(20-2)10-9-8(6(22-10)3-21-9)18-5-17-7-11(14)15-4-16-12(7)18/h4-6,8-10,13H,3H2,1-2H3,(H2,14,15,16)/t6-,8?,9+,10+/m0/s1. The number of hydrogen-bond acceptors (Lipinski definition) is 8. The first-order chi connectivity index (χ1) is 10.7. The molecular weight excluding hydrogens is 290 g/mol. The first kappa shape index (κ1) is 13.8. The highest BCUT2D eigenvalue weighted by Gasteiger charge is 2.55. The molecule has 4 rings (SSSR count). The van der Waals surface area contributed by atoms with E-state index in [1.807, 2.05) is 4.57 Å². The predicted molar refractivity (Wildman–Crippen MR) is 75.0 cm³/mol. The molecule has 0 saturated carbocycles. The van der Waals surface area contributed by atoms with Crippen molar-refractivity contribution in [3.8, 4) is 0 Å². The number of imidazole rings is 1. The van der Waals surface area contributed by atoms with Crippen molar-refractivity contribution in [2.24, 2.45) is 0 Å². The number of methoxy groups -OCH3 is 2. The van der Waals surface area contributed by atoms with E-state index in [9.17, 15) is 0 Å². The maximum absolute atomic E-state index is 6.02. The van der Waals surface area contributed by atoms with Crippen LogP contribution in [0, 0.1) is 0 Å². The second kappa shape index (κ2) is 5.13. The summed E-state index contributed by atoms with van der Waals surface area (Å²) in [5.74, 6) is 0.360. The maximum atomic E-state index is 6.02. The van der Waals surface area contributed by atoms with Gasteiger partial charge in [0.15, 0.2) is 17.8 Å². The Hall–Kier alpha value is -1.81. The summed E-state index contributed by atoms with van der Waals surface area (Å²) in [6.45, 7) is 0.520. The zero-order valence-corrected chi connectivity index (χ0v) is 12.2. The third-order valence-electron chi connectivity index (χ3n) is 4.27. The summed E-state index contributed by atoms with van der Waals surface area (Å²) in [5, 5.41) is 0. The van der Waals surface area contributed by atoms with Crippen LogP contribution in [0.25, 0.3) is 11.2 Å². The molecule has 2 aliphatic heterocycles. The lowest BCUT2D eigenvalue weighted by atomic mass is 10.1. The van der Waals surface area contributed by atoms with E-state index < -0.39 is 6.29 Å². The SMILES string of the molecule is COC(OC)[C@@H]1O[C@H]2CO[C@@H]1C2n1cnc2c(N)ncnc21. The van der Waals surface area contributed by atoms with Gasteiger partial charge in [-0.25, -0.2) is 15.0 Å². The molecule has 2 aliphatic rings. The van der Waals surface area contributed by atoms with Gasteiger partial charge in [-0.2, -0.15) is 0 Å². The van der Waals surface area contributed by atoms with E-state index in [1.54, 1.807) is 20.5 Å². The lowest BCUT2D eigenvalue weighted by Crippen LogP contribution is -2.41. The van der Waals surface area contributed by atoms with Gasteiger partial charge in [-0.3, -0.25) is 0 Å². The average Bonchev–Trinajstić information content (AvgIpc) is 3.20. The number of hydrogen-bond donors (Lipinski definition) is 1. The molecule has 4 heterocycles. The summed E-state index contributed by atoms with van der Waals surface area (Å²) in [6, 6.07) is -0.0444. The molecule has 4 atom stereocenters. The predicted octanol–water partition coefficient (Wildman–Crippen LogP) is -0.265. The summed E-state index contributed by atoms with van der Waals surface area (Å²) in [7, 11) is 3.16. The van der Waals surface area contributed by atoms with Crippen LogP contribution in [0.2, 0.25) is 0 Å². The van der Waals surface area contributed by atoms with Crippen molar-refractivity contribution in [3.05, 3.63) is 12.7 Å². The second-order valence-corrected chi connectivity index (χ2v) is 5.35. The molecule has 0 spiro atoms. The van der Waals surface area contributed by atoms with Crippen molar-refractivity contribution >= 4 is 17.0 Å². The molecular formula is C13H17N5O4. The molecule has 1 unspecified atom stereocenters. The number of nitrogens with zero attached hydrogens (tertiary/aromatic N) is 4. The highest BCUT2D eigenvalue weighted by molar-refractivity contribution is 5.81. The lowest BCUT2D eigenvalue weighted by molar-refractivity contribution is -0.220. The van der Waals surface area contributed by atoms with E-state index in [0.717, 1.165) is 0 Å². The highest BCUT2D eigenvalue weighted by atomic mass is 16.7. The van der Waals surface area contributed by atoms with Crippen molar-refractivity contribution in [1.82, 2.24) is 19.5 Å². The van der Waals surface area contributed by atoms with E-state index in [0.29, 0.717) is 23.6 Å². The fraction of sp³-hybridized carbons (Fsp3) is 0.615. The van der Waals surface area contributed by atoms with Gasteiger partial charge in [0.2, 0.25) is 0 Å². The second-order valence-electron chi connectivity index (χ2n) is 5.35. The van der Waals surface area contributed by atoms with Crippen molar-refractivity contribution in [1.29, 1.82) is 0 Å². The number of ether oxygens (including phenoxy) is 4. The van der Waals surface area contributed by atoms with E-state index in [2.05, 4.69) is 15.0 Å². The molecule has 9 heteroatoms. The smallest absolute Gasteiger partial charge is 0.185 e. The third-order valence-corrected chi connectivity index (χ3v) is 4.27. The molecule has 0 aromatic carbocycles. The van der Waals surface area contributed by atoms with Gasteiger partial charge in [-0.05, 0) is 0 Å². The zero-order chi connectivity index (χ0) is 15.3. The van der Waals surface area contributed by atoms with Gasteiger partial charge in [-0.1, -0.05) is 0 Å². The monoisotopic (exact) mass is 307 g/mol. The van der Waals surface area contributed by atoms with Crippen LogP contribution in [0.5, 0.6) is 0 Å². The summed E-state index contributed by atoms with van der Waals surface area (Å²) >= 11 is 0. The molecule has 2 N–H and O–H groups in total. The summed E-state index contributed by atoms with van der Waals surface area (Å²) in [5.41, 5.74) is 7.10. The van der Waals surface area contributed by atoms with Crippen molar-refractivity contribution in [2.75, 3.05) is 26.6 Å². The van der Waals surface area contributed by atoms with Gasteiger partial charge in [0.05, 0.1) is 19.0 Å². The van der Waals surface area contributed by atoms with E-state index in [1.165, 1.54) is 6.33 Å². The molecule has 2 fully saturated rings. The van der Waals surface area contributed by atoms with Crippen LogP contribution < -0.4 is 5.73 Å². The number of fused-ring (bicyclic) bond motifs is 3. The van der Waals surface area contributed by atoms with Crippen LogP contribution >= 0.6 is 0 Å². The summed E-state index contributed by atoms with van der Waals surface area (Å²) < 4.78 is 24.4. The number of rotatable bonds is 4. The van der Waals surface area contributed by atoms with Gasteiger partial charge in [0.1, 0.15) is 30.2 Å². The number of anilines is 1. The van der Waals surface area contributed by atoms with Gasteiger partial charge in [-0.15, -0.1) is 0 Å². The van der Waals surface area contributed by atoms with Crippen LogP contribution in [-0.4, -0.2) is 64.9 Å². The van der Waals surface area contributed by atoms with Crippen molar-refractivity contribution in [2.45, 2.75) is 30.6 Å². The number of nitrogen functional groups attached to an aromatic ring is 1. The van der Waals surface area contributed by atoms with Crippen LogP contribution in [0.15, 0.2) is 12.7 Å². The zero-order valence-electron chi connectivity index (χ0n) is 12.2. The normalized spacial score (nSPS) is 30.7. The van der Waals surface area contributed by atoms with E-state index in [-0.39, 0.29) is 24.4 Å². The van der Waals surface area contributed by atoms with Crippen molar-refractivity contribution < 1.29 is 18.9 Å². The molecule has 2 aromatic rings. The highest BCUT2D eigenvalue weighted by Crippen LogP contribution is 2.42. The van der Waals surface area contributed by atoms with Crippen LogP contribution in [-0.2, 0) is 18.9 Å². The summed E-state index contributed by atoms with van der Waals surface area (Å²) in [6.07, 6.45) is 2.07. The fourth-order valence-electron chi connectivity index (χ4n) is 3.31. The topological polar surface area (TPSA) is 107 Å². The van der Waals surface area contributed by atoms with Crippen LogP contribution in [0.3, 0.4) is 0 Å². The minimum absolute atomic E-state index is 0.0444. The molecule has 2 aromatic heterocycles. The molecule has 22 heavy (non-hydrogen) atoms. The van der Waals surface area contributed by atoms with Gasteiger partial charge in [0.25, 0.3) is 0 Å². The Kier molecular flexibility index (Phi) is 3.22. The molecule has 2 bridgehead atoms. The molecule has 0 aliphatic carbocycles. The van der Waals surface area contributed by atoms with Crippen LogP contribution in [0.4, 0.5) is 5.82 Å². The van der Waals surface area contributed by atoms with E-state index >= 15 is 0 Å². The Morgan fingerprint density at radius 2 is 2.14 bits per heavy atom. The largest absolute Gasteiger partial charge is 0.382 e. The van der Waals surface area contributed by atoms with E-state index in [4.69, 9.17) is 24.7 Å². The minimum atomic E-state index is -0.479. The first-order valence-corrected chi connectivity index (χ1v) is 7.00. The number of nitrogens with two attached hydrogens (primary N) is 1. The molecule has 118 valence electrons. The maximum Gasteiger partial charge on any atom is 0.185 e. The van der Waals surface area contributed by atoms with Crippen molar-refractivity contribution in [3.63, 3.8) is 0 Å². The molecule has 0 amide bonds. The molecule has 9 nitrogen and oxygen atoms in total. The van der Waals surface area contributed by atoms with Gasteiger partial charge >= 0.3 is 0 Å². The Labute approximate surface area is 126 Å². The number of aromatic nitrogens is 4. The Morgan fingerprint density at radius 3 is 2.91 bits per heavy atom. The quantitative estimate of drug-likeness (QED) is 0.770. The minimum Gasteiger partial charge on any atom is -0.382 e. The average molecular weight is 307 g/mol. The Morgan fingerprint density at radius 1 is 1.32 bits per heavy atom. The lowest BCUT2D eigenvalue weighted by Gasteiger charge is -2.27. The Balaban J connectivity index is 1.72. The Bertz CT molecular complexity index is 688. The van der Waals surface area contributed by atoms with Gasteiger partial charge in [0, 0.05) is 14.2 Å². The first-order valence-electron chi connectivity index (χ1n) is 7.00. The molecule has 2 saturated heterocycles. The summed E-state index contributed by atoms with van der Waals surface area (Å²) in [4.78, 5) is 12.6. The van der Waals surface area contributed by atoms with Crippen LogP contribution in [0.1, 0.15) is 6.04 Å². The third kappa shape index (κ3) is 1.83. The fourth-order valence-corrected chi connectivity index (χ4v) is 3.31. The molecule has 0 radical (unpaired) electrons.